The van der Waals surface area contributed by atoms with Crippen LogP contribution in [0.2, 0.25) is 0 Å². The summed E-state index contributed by atoms with van der Waals surface area (Å²) in [5, 5.41) is 0. The molecule has 10 aromatic carbocycles. The first-order valence-electron chi connectivity index (χ1n) is 40.5. The second-order valence-electron chi connectivity index (χ2n) is 33.4. The van der Waals surface area contributed by atoms with Crippen LogP contribution in [0.1, 0.15) is 177 Å². The van der Waals surface area contributed by atoms with Crippen molar-refractivity contribution in [1.82, 2.24) is 99.7 Å². The minimum Gasteiger partial charge on any atom is -0.342 e. The van der Waals surface area contributed by atoms with Crippen molar-refractivity contribution in [3.8, 4) is 56.2 Å². The minimum atomic E-state index is 0.304. The molecule has 580 valence electrons. The lowest BCUT2D eigenvalue weighted by Crippen LogP contribution is -2.28. The molecule has 0 saturated carbocycles. The maximum absolute atomic E-state index is 5.13. The van der Waals surface area contributed by atoms with E-state index in [1.54, 1.807) is 0 Å². The van der Waals surface area contributed by atoms with Gasteiger partial charge in [-0.15, -0.1) is 0 Å². The Labute approximate surface area is 672 Å². The Morgan fingerprint density at radius 2 is 0.564 bits per heavy atom. The van der Waals surface area contributed by atoms with Gasteiger partial charge in [0.2, 0.25) is 11.9 Å². The minimum absolute atomic E-state index is 0.304. The monoisotopic (exact) mass is 1540 g/mol. The highest BCUT2D eigenvalue weighted by Gasteiger charge is 2.30. The number of amidine groups is 1. The van der Waals surface area contributed by atoms with Crippen molar-refractivity contribution in [3.05, 3.63) is 215 Å². The van der Waals surface area contributed by atoms with Gasteiger partial charge in [0, 0.05) is 65.2 Å². The summed E-state index contributed by atoms with van der Waals surface area (Å²) in [6, 6.07) is 57.5. The molecule has 0 unspecified atom stereocenters. The number of aryl methyl sites for hydroxylation is 1. The molecular weight excluding hydrogens is 1450 g/mol. The summed E-state index contributed by atoms with van der Waals surface area (Å²) >= 11 is 0. The van der Waals surface area contributed by atoms with Gasteiger partial charge >= 0.3 is 0 Å². The molecule has 0 amide bonds. The lowest BCUT2D eigenvalue weighted by atomic mass is 10.0. The number of hydrogen-bond acceptors (Lipinski definition) is 13. The van der Waals surface area contributed by atoms with Crippen LogP contribution in [0.25, 0.3) is 166 Å². The average molecular weight is 1540 g/mol. The van der Waals surface area contributed by atoms with Crippen LogP contribution in [0.4, 0.5) is 23.3 Å². The first kappa shape index (κ1) is 72.0. The summed E-state index contributed by atoms with van der Waals surface area (Å²) < 4.78 is 0. The molecule has 10 N–H and O–H groups in total. The third kappa shape index (κ3) is 13.4. The molecule has 0 spiro atoms. The van der Waals surface area contributed by atoms with E-state index in [4.69, 9.17) is 49.8 Å². The standard InChI is InChI=1S/C41H36N8.C34H34N12.C19H19N3/c1-21(2)38-42-30-10-6-24(17-34(30)46-38)26-8-12-32-36(19-26)48-40(44-32)28-14-23(5)15-29(16-28)41-45-33-13-9-27(20-37(33)49-41)25-7-11-31-35(18-25)47-39(43-31)22(3)4;1-14(2)30-36-19-7-17-8-29(35-18(17)9-20(19)37-30)46(33-42-25-10-21-22(11-26(25)43-33)39-31(38-21)15(3)4)34-44-27-12-23-24(13-28(27)45-34)41-32(40-23)16(5)6;1-11(2)19-21-17-7-5-14(10-18(17)22-19)13-4-6-16-15(9-13)8-12(3)20-16/h6-22H,1-5H3,(H,42,46)(H,43,47)(H,44,48)(H,45,49);7,9-16H,8H2,1-6H3,(H,36,37)(H,38,39)(H,40,41)(H,42,43)(H,44,45);4-7,9-11H,8H2,1-3H3,(H,21,22). The molecule has 2 aliphatic heterocycles. The Morgan fingerprint density at radius 1 is 0.248 bits per heavy atom. The maximum Gasteiger partial charge on any atom is 0.216 e. The number of aromatic nitrogens is 20. The van der Waals surface area contributed by atoms with E-state index >= 15 is 0 Å². The van der Waals surface area contributed by atoms with Crippen LogP contribution in [-0.2, 0) is 12.8 Å². The quantitative estimate of drug-likeness (QED) is 0.0517. The predicted molar refractivity (Wildman–Crippen MR) is 475 cm³/mol. The van der Waals surface area contributed by atoms with E-state index in [1.807, 2.05) is 17.0 Å². The van der Waals surface area contributed by atoms with Gasteiger partial charge in [-0.2, -0.15) is 0 Å². The number of nitrogens with one attached hydrogen (secondary N) is 10. The first-order valence-corrected chi connectivity index (χ1v) is 40.5. The molecular formula is C94H89N23. The largest absolute Gasteiger partial charge is 0.342 e. The lowest BCUT2D eigenvalue weighted by Gasteiger charge is -2.18. The fourth-order valence-corrected chi connectivity index (χ4v) is 15.9. The number of imidazole rings is 10. The number of aromatic amines is 10. The van der Waals surface area contributed by atoms with Gasteiger partial charge < -0.3 is 49.8 Å². The third-order valence-corrected chi connectivity index (χ3v) is 22.4. The molecule has 0 aliphatic carbocycles. The van der Waals surface area contributed by atoms with Crippen molar-refractivity contribution in [1.29, 1.82) is 0 Å². The van der Waals surface area contributed by atoms with Gasteiger partial charge in [0.15, 0.2) is 0 Å². The highest BCUT2D eigenvalue weighted by molar-refractivity contribution is 6.10. The van der Waals surface area contributed by atoms with E-state index in [2.05, 4.69) is 308 Å². The molecule has 0 bridgehead atoms. The number of anilines is 2. The second kappa shape index (κ2) is 28.0. The van der Waals surface area contributed by atoms with Gasteiger partial charge in [0.1, 0.15) is 52.4 Å². The summed E-state index contributed by atoms with van der Waals surface area (Å²) in [7, 11) is 0. The molecule has 23 nitrogen and oxygen atoms in total. The number of nitrogens with zero attached hydrogens (tertiary/aromatic N) is 13. The SMILES string of the molecule is CC(C)c1nc2cc3c(cc2[nH]1)CC(N(c1nc2cc4nc(C(C)C)[nH]c4cc2[nH]1)c1nc2cc4nc(C(C)C)[nH]c4cc2[nH]1)=N3.CC1=Nc2ccc(-c3ccc4nc(C(C)C)[nH]c4c3)cc2C1.Cc1cc(-c2nc3ccc(-c4ccc5nc(C(C)C)[nH]c5c4)cc3[nH]2)cc(-c2nc3ccc(-c4ccc5nc(C(C)C)[nH]c5c4)cc3[nH]2)c1. The summed E-state index contributed by atoms with van der Waals surface area (Å²) in [6.07, 6.45) is 1.57. The van der Waals surface area contributed by atoms with Gasteiger partial charge in [0.05, 0.1) is 122 Å². The zero-order chi connectivity index (χ0) is 80.1. The third-order valence-electron chi connectivity index (χ3n) is 22.4. The molecule has 10 aromatic heterocycles. The summed E-state index contributed by atoms with van der Waals surface area (Å²) in [6.45, 7) is 29.9. The molecule has 0 radical (unpaired) electrons. The van der Waals surface area contributed by atoms with Crippen molar-refractivity contribution in [2.45, 2.75) is 145 Å². The molecule has 0 fully saturated rings. The van der Waals surface area contributed by atoms with E-state index in [-0.39, 0.29) is 0 Å². The molecule has 0 atom stereocenters. The molecule has 20 aromatic rings. The van der Waals surface area contributed by atoms with Gasteiger partial charge in [-0.05, 0) is 191 Å². The molecule has 22 rings (SSSR count). The van der Waals surface area contributed by atoms with Crippen LogP contribution >= 0.6 is 0 Å². The molecule has 23 heteroatoms. The summed E-state index contributed by atoms with van der Waals surface area (Å²) in [4.78, 5) is 95.4. The highest BCUT2D eigenvalue weighted by Crippen LogP contribution is 2.40. The van der Waals surface area contributed by atoms with Crippen molar-refractivity contribution >= 4 is 145 Å². The Balaban J connectivity index is 0.000000121. The molecule has 117 heavy (non-hydrogen) atoms. The first-order chi connectivity index (χ1) is 56.5. The predicted octanol–water partition coefficient (Wildman–Crippen LogP) is 23.3. The van der Waals surface area contributed by atoms with Gasteiger partial charge in [-0.25, -0.2) is 59.7 Å². The van der Waals surface area contributed by atoms with E-state index in [0.29, 0.717) is 53.8 Å². The van der Waals surface area contributed by atoms with Crippen LogP contribution in [0.3, 0.4) is 0 Å². The van der Waals surface area contributed by atoms with Gasteiger partial charge in [-0.3, -0.25) is 4.99 Å². The maximum atomic E-state index is 5.13. The van der Waals surface area contributed by atoms with E-state index in [0.717, 1.165) is 225 Å². The van der Waals surface area contributed by atoms with Gasteiger partial charge in [-0.1, -0.05) is 119 Å². The number of hydrogen-bond donors (Lipinski definition) is 10. The van der Waals surface area contributed by atoms with Crippen molar-refractivity contribution in [2.24, 2.45) is 9.98 Å². The van der Waals surface area contributed by atoms with Crippen LogP contribution in [0.15, 0.2) is 174 Å². The van der Waals surface area contributed by atoms with E-state index < -0.39 is 0 Å². The smallest absolute Gasteiger partial charge is 0.216 e. The fourth-order valence-electron chi connectivity index (χ4n) is 15.9. The van der Waals surface area contributed by atoms with Crippen LogP contribution in [0.5, 0.6) is 0 Å². The molecule has 12 heterocycles. The zero-order valence-corrected chi connectivity index (χ0v) is 67.8. The normalized spacial score (nSPS) is 13.0. The fraction of sp³-hybridized carbons (Fsp3) is 0.234. The second-order valence-corrected chi connectivity index (χ2v) is 33.4. The summed E-state index contributed by atoms with van der Waals surface area (Å²) in [5.41, 5.74) is 35.0. The number of fused-ring (bicyclic) bond motifs is 12. The Bertz CT molecular complexity index is 7010. The number of benzene rings is 10. The number of H-pyrrole nitrogens is 10. The Hall–Kier alpha value is -14.0. The van der Waals surface area contributed by atoms with Crippen molar-refractivity contribution < 1.29 is 0 Å². The lowest BCUT2D eigenvalue weighted by molar-refractivity contribution is 0.799. The number of rotatable bonds is 13. The van der Waals surface area contributed by atoms with Crippen LogP contribution < -0.4 is 4.90 Å². The zero-order valence-electron chi connectivity index (χ0n) is 67.8. The van der Waals surface area contributed by atoms with E-state index in [1.165, 1.54) is 22.4 Å². The highest BCUT2D eigenvalue weighted by atomic mass is 15.4. The van der Waals surface area contributed by atoms with Gasteiger partial charge in [0.25, 0.3) is 0 Å². The Morgan fingerprint density at radius 3 is 0.966 bits per heavy atom. The molecule has 2 aliphatic rings. The van der Waals surface area contributed by atoms with Crippen LogP contribution in [0, 0.1) is 6.92 Å². The van der Waals surface area contributed by atoms with Crippen molar-refractivity contribution in [2.75, 3.05) is 4.90 Å². The Kier molecular flexibility index (Phi) is 17.2. The summed E-state index contributed by atoms with van der Waals surface area (Å²) in [5.74, 6) is 11.7. The number of aliphatic imine (C=N–C) groups is 2. The van der Waals surface area contributed by atoms with E-state index in [9.17, 15) is 0 Å². The van der Waals surface area contributed by atoms with Crippen LogP contribution in [-0.4, -0.2) is 111 Å². The van der Waals surface area contributed by atoms with Crippen molar-refractivity contribution in [3.63, 3.8) is 0 Å². The molecule has 0 saturated heterocycles. The topological polar surface area (TPSA) is 315 Å². The average Bonchev–Trinajstić information content (AvgIpc) is 1.62.